The second-order valence-electron chi connectivity index (χ2n) is 8.09. The van der Waals surface area contributed by atoms with Gasteiger partial charge in [-0.1, -0.05) is 48.5 Å². The molecule has 2 aliphatic rings. The van der Waals surface area contributed by atoms with Crippen molar-refractivity contribution in [2.24, 2.45) is 0 Å². The van der Waals surface area contributed by atoms with E-state index in [0.717, 1.165) is 52.5 Å². The number of ether oxygens (including phenoxy) is 1. The van der Waals surface area contributed by atoms with Crippen LogP contribution in [0.2, 0.25) is 0 Å². The Balaban J connectivity index is 1.30. The van der Waals surface area contributed by atoms with E-state index in [-0.39, 0.29) is 23.8 Å². The van der Waals surface area contributed by atoms with Gasteiger partial charge in [-0.25, -0.2) is 9.59 Å². The molecule has 1 aliphatic carbocycles. The Kier molecular flexibility index (Phi) is 5.96. The van der Waals surface area contributed by atoms with Crippen molar-refractivity contribution in [1.82, 2.24) is 0 Å². The summed E-state index contributed by atoms with van der Waals surface area (Å²) in [5.41, 5.74) is 5.70. The van der Waals surface area contributed by atoms with Gasteiger partial charge in [-0.05, 0) is 40.5 Å². The third kappa shape index (κ3) is 4.28. The topological polar surface area (TPSA) is 78.9 Å². The molecular weight excluding hydrogens is 436 g/mol. The minimum Gasteiger partial charge on any atom is -0.478 e. The highest BCUT2D eigenvalue weighted by Gasteiger charge is 2.29. The SMILES string of the molecule is O=C(Nc1ccc(N2CCSCC2)cc1C(=O)O)OCC1c2ccccc2-c2ccccc21. The molecule has 0 bridgehead atoms. The van der Waals surface area contributed by atoms with E-state index in [2.05, 4.69) is 34.5 Å². The van der Waals surface area contributed by atoms with Gasteiger partial charge in [0.15, 0.2) is 0 Å². The molecule has 1 amide bonds. The quantitative estimate of drug-likeness (QED) is 0.538. The van der Waals surface area contributed by atoms with Crippen molar-refractivity contribution in [3.63, 3.8) is 0 Å². The highest BCUT2D eigenvalue weighted by Crippen LogP contribution is 2.44. The number of carbonyl (C=O) groups excluding carboxylic acids is 1. The normalized spacial score (nSPS) is 15.0. The lowest BCUT2D eigenvalue weighted by molar-refractivity contribution is 0.0698. The minimum atomic E-state index is -1.09. The lowest BCUT2D eigenvalue weighted by Crippen LogP contribution is -2.32. The molecule has 0 spiro atoms. The molecule has 168 valence electrons. The van der Waals surface area contributed by atoms with E-state index in [1.807, 2.05) is 42.1 Å². The first-order valence-electron chi connectivity index (χ1n) is 10.9. The highest BCUT2D eigenvalue weighted by molar-refractivity contribution is 7.99. The number of fused-ring (bicyclic) bond motifs is 3. The van der Waals surface area contributed by atoms with Crippen molar-refractivity contribution in [2.45, 2.75) is 5.92 Å². The Morgan fingerprint density at radius 2 is 1.61 bits per heavy atom. The molecule has 3 aromatic carbocycles. The summed E-state index contributed by atoms with van der Waals surface area (Å²) in [4.78, 5) is 26.6. The van der Waals surface area contributed by atoms with Crippen LogP contribution in [0.5, 0.6) is 0 Å². The van der Waals surface area contributed by atoms with E-state index < -0.39 is 12.1 Å². The van der Waals surface area contributed by atoms with Crippen LogP contribution in [-0.2, 0) is 4.74 Å². The predicted octanol–water partition coefficient (Wildman–Crippen LogP) is 5.30. The van der Waals surface area contributed by atoms with Crippen LogP contribution in [0.1, 0.15) is 27.4 Å². The summed E-state index contributed by atoms with van der Waals surface area (Å²) in [5.74, 6) is 0.892. The molecule has 1 fully saturated rings. The second kappa shape index (κ2) is 9.19. The number of nitrogens with one attached hydrogen (secondary N) is 1. The van der Waals surface area contributed by atoms with Crippen LogP contribution >= 0.6 is 11.8 Å². The molecule has 3 aromatic rings. The predicted molar refractivity (Wildman–Crippen MR) is 132 cm³/mol. The summed E-state index contributed by atoms with van der Waals surface area (Å²) in [7, 11) is 0. The molecule has 0 saturated carbocycles. The number of carbonyl (C=O) groups is 2. The number of carboxylic acid groups (broad SMARTS) is 1. The lowest BCUT2D eigenvalue weighted by atomic mass is 9.98. The molecule has 6 nitrogen and oxygen atoms in total. The third-order valence-electron chi connectivity index (χ3n) is 6.19. The Morgan fingerprint density at radius 1 is 0.970 bits per heavy atom. The van der Waals surface area contributed by atoms with Crippen molar-refractivity contribution in [3.8, 4) is 11.1 Å². The molecule has 1 aliphatic heterocycles. The third-order valence-corrected chi connectivity index (χ3v) is 7.13. The summed E-state index contributed by atoms with van der Waals surface area (Å²) in [6.07, 6.45) is -0.665. The zero-order valence-corrected chi connectivity index (χ0v) is 18.8. The first-order chi connectivity index (χ1) is 16.1. The molecule has 1 saturated heterocycles. The van der Waals surface area contributed by atoms with Crippen molar-refractivity contribution in [2.75, 3.05) is 41.4 Å². The first kappa shape index (κ1) is 21.4. The Hall–Kier alpha value is -3.45. The largest absolute Gasteiger partial charge is 0.478 e. The molecule has 0 unspecified atom stereocenters. The summed E-state index contributed by atoms with van der Waals surface area (Å²) < 4.78 is 5.57. The molecule has 33 heavy (non-hydrogen) atoms. The average Bonchev–Trinajstić information content (AvgIpc) is 3.17. The number of anilines is 2. The number of amides is 1. The molecular formula is C26H24N2O4S. The number of thioether (sulfide) groups is 1. The summed E-state index contributed by atoms with van der Waals surface area (Å²) >= 11 is 1.89. The van der Waals surface area contributed by atoms with E-state index >= 15 is 0 Å². The number of carboxylic acids is 1. The van der Waals surface area contributed by atoms with Crippen LogP contribution in [0.3, 0.4) is 0 Å². The van der Waals surface area contributed by atoms with Crippen molar-refractivity contribution in [1.29, 1.82) is 0 Å². The molecule has 0 atom stereocenters. The van der Waals surface area contributed by atoms with Crippen LogP contribution in [0, 0.1) is 0 Å². The Labute approximate surface area is 196 Å². The van der Waals surface area contributed by atoms with Gasteiger partial charge in [0.2, 0.25) is 0 Å². The van der Waals surface area contributed by atoms with E-state index in [9.17, 15) is 14.7 Å². The van der Waals surface area contributed by atoms with Gasteiger partial charge >= 0.3 is 12.1 Å². The minimum absolute atomic E-state index is 0.0542. The molecule has 2 N–H and O–H groups in total. The van der Waals surface area contributed by atoms with Crippen LogP contribution in [0.4, 0.5) is 16.2 Å². The van der Waals surface area contributed by atoms with Crippen LogP contribution < -0.4 is 10.2 Å². The number of hydrogen-bond donors (Lipinski definition) is 2. The van der Waals surface area contributed by atoms with Crippen molar-refractivity contribution >= 4 is 35.2 Å². The van der Waals surface area contributed by atoms with E-state index in [1.54, 1.807) is 12.1 Å². The van der Waals surface area contributed by atoms with Gasteiger partial charge in [0, 0.05) is 36.2 Å². The van der Waals surface area contributed by atoms with E-state index in [4.69, 9.17) is 4.74 Å². The first-order valence-corrected chi connectivity index (χ1v) is 12.1. The highest BCUT2D eigenvalue weighted by atomic mass is 32.2. The molecule has 5 rings (SSSR count). The molecule has 0 radical (unpaired) electrons. The van der Waals surface area contributed by atoms with Crippen LogP contribution in [0.15, 0.2) is 66.7 Å². The van der Waals surface area contributed by atoms with Gasteiger partial charge < -0.3 is 14.7 Å². The standard InChI is InChI=1S/C26H24N2O4S/c29-25(30)22-15-17(28-11-13-33-14-12-28)9-10-24(22)27-26(31)32-16-23-20-7-3-1-5-18(20)19-6-2-4-8-21(19)23/h1-10,15,23H,11-14,16H2,(H,27,31)(H,29,30). The monoisotopic (exact) mass is 460 g/mol. The Morgan fingerprint density at radius 3 is 2.24 bits per heavy atom. The Bertz CT molecular complexity index is 1160. The maximum atomic E-state index is 12.6. The fraction of sp³-hybridized carbons (Fsp3) is 0.231. The molecule has 0 aromatic heterocycles. The molecule has 1 heterocycles. The van der Waals surface area contributed by atoms with Crippen molar-refractivity contribution < 1.29 is 19.4 Å². The second-order valence-corrected chi connectivity index (χ2v) is 9.31. The van der Waals surface area contributed by atoms with Gasteiger partial charge in [0.1, 0.15) is 6.61 Å². The summed E-state index contributed by atoms with van der Waals surface area (Å²) in [6.45, 7) is 1.93. The zero-order valence-electron chi connectivity index (χ0n) is 18.0. The fourth-order valence-corrected chi connectivity index (χ4v) is 5.48. The number of benzene rings is 3. The van der Waals surface area contributed by atoms with Gasteiger partial charge in [-0.3, -0.25) is 5.32 Å². The number of aromatic carboxylic acids is 1. The number of hydrogen-bond acceptors (Lipinski definition) is 5. The smallest absolute Gasteiger partial charge is 0.411 e. The fourth-order valence-electron chi connectivity index (χ4n) is 4.58. The van der Waals surface area contributed by atoms with Crippen LogP contribution in [-0.4, -0.2) is 48.4 Å². The van der Waals surface area contributed by atoms with Crippen LogP contribution in [0.25, 0.3) is 11.1 Å². The maximum Gasteiger partial charge on any atom is 0.411 e. The maximum absolute atomic E-state index is 12.6. The molecule has 7 heteroatoms. The summed E-state index contributed by atoms with van der Waals surface area (Å²) in [5, 5.41) is 12.3. The zero-order chi connectivity index (χ0) is 22.8. The van der Waals surface area contributed by atoms with Gasteiger partial charge in [0.05, 0.1) is 11.3 Å². The average molecular weight is 461 g/mol. The van der Waals surface area contributed by atoms with Crippen molar-refractivity contribution in [3.05, 3.63) is 83.4 Å². The van der Waals surface area contributed by atoms with Gasteiger partial charge in [-0.15, -0.1) is 0 Å². The summed E-state index contributed by atoms with van der Waals surface area (Å²) in [6, 6.07) is 21.4. The van der Waals surface area contributed by atoms with Gasteiger partial charge in [0.25, 0.3) is 0 Å². The lowest BCUT2D eigenvalue weighted by Gasteiger charge is -2.29. The van der Waals surface area contributed by atoms with E-state index in [0.29, 0.717) is 0 Å². The number of nitrogens with zero attached hydrogens (tertiary/aromatic N) is 1. The van der Waals surface area contributed by atoms with Gasteiger partial charge in [-0.2, -0.15) is 11.8 Å². The van der Waals surface area contributed by atoms with E-state index in [1.165, 1.54) is 0 Å². The number of rotatable bonds is 5.